The zero-order valence-electron chi connectivity index (χ0n) is 19.1. The Morgan fingerprint density at radius 3 is 2.37 bits per heavy atom. The molecule has 1 aliphatic heterocycles. The van der Waals surface area contributed by atoms with E-state index in [0.717, 1.165) is 22.7 Å². The molecular weight excluding hydrogens is 444 g/mol. The summed E-state index contributed by atoms with van der Waals surface area (Å²) >= 11 is 0. The van der Waals surface area contributed by atoms with Gasteiger partial charge >= 0.3 is 0 Å². The largest absolute Gasteiger partial charge is 0.497 e. The molecule has 9 heteroatoms. The van der Waals surface area contributed by atoms with E-state index >= 15 is 0 Å². The number of amides is 1. The van der Waals surface area contributed by atoms with E-state index in [0.29, 0.717) is 49.1 Å². The zero-order valence-corrected chi connectivity index (χ0v) is 19.1. The maximum Gasteiger partial charge on any atom is 0.253 e. The van der Waals surface area contributed by atoms with Gasteiger partial charge in [-0.1, -0.05) is 0 Å². The second kappa shape index (κ2) is 9.65. The molecule has 1 aliphatic rings. The fraction of sp³-hybridized carbons (Fsp3) is 0.192. The van der Waals surface area contributed by atoms with Gasteiger partial charge in [-0.05, 0) is 60.7 Å². The van der Waals surface area contributed by atoms with Crippen molar-refractivity contribution in [3.05, 3.63) is 78.0 Å². The molecule has 0 aliphatic carbocycles. The molecule has 0 bridgehead atoms. The minimum Gasteiger partial charge on any atom is -0.497 e. The second-order valence-corrected chi connectivity index (χ2v) is 7.98. The molecule has 0 radical (unpaired) electrons. The first-order valence-corrected chi connectivity index (χ1v) is 11.1. The first kappa shape index (κ1) is 22.1. The number of nitriles is 1. The molecule has 35 heavy (non-hydrogen) atoms. The Morgan fingerprint density at radius 1 is 0.971 bits per heavy atom. The smallest absolute Gasteiger partial charge is 0.253 e. The fourth-order valence-corrected chi connectivity index (χ4v) is 3.99. The van der Waals surface area contributed by atoms with Gasteiger partial charge in [-0.3, -0.25) is 4.79 Å². The number of anilines is 1. The summed E-state index contributed by atoms with van der Waals surface area (Å²) in [6.45, 7) is 2.34. The summed E-state index contributed by atoms with van der Waals surface area (Å²) in [4.78, 5) is 21.4. The molecule has 4 aromatic rings. The summed E-state index contributed by atoms with van der Waals surface area (Å²) in [5.41, 5.74) is 2.65. The maximum absolute atomic E-state index is 12.9. The number of nitrogens with zero attached hydrogens (tertiary/aromatic N) is 6. The van der Waals surface area contributed by atoms with Crippen LogP contribution in [0.25, 0.3) is 22.9 Å². The molecule has 1 fully saturated rings. The highest BCUT2D eigenvalue weighted by Crippen LogP contribution is 2.31. The standard InChI is InChI=1S/C26H22N6O3/c1-34-21-10-8-19(9-11-21)24-29-30-25(35-24)22-3-2-12-28-23(22)31-13-15-32(16-14-31)26(33)20-6-4-18(17-27)5-7-20/h2-12H,13-16H2,1H3. The number of carbonyl (C=O) groups excluding carboxylic acids is 1. The molecule has 0 saturated carbocycles. The Morgan fingerprint density at radius 2 is 1.69 bits per heavy atom. The van der Waals surface area contributed by atoms with Gasteiger partial charge in [0.1, 0.15) is 11.6 Å². The molecule has 174 valence electrons. The van der Waals surface area contributed by atoms with Crippen LogP contribution in [0.5, 0.6) is 5.75 Å². The average molecular weight is 467 g/mol. The molecule has 5 rings (SSSR count). The third-order valence-electron chi connectivity index (χ3n) is 5.91. The average Bonchev–Trinajstić information content (AvgIpc) is 3.43. The lowest BCUT2D eigenvalue weighted by atomic mass is 10.1. The van der Waals surface area contributed by atoms with Gasteiger partial charge in [-0.25, -0.2) is 4.98 Å². The first-order chi connectivity index (χ1) is 17.2. The first-order valence-electron chi connectivity index (χ1n) is 11.1. The van der Waals surface area contributed by atoms with E-state index in [4.69, 9.17) is 14.4 Å². The number of rotatable bonds is 5. The predicted octanol–water partition coefficient (Wildman–Crippen LogP) is 3.64. The number of hydrogen-bond donors (Lipinski definition) is 0. The van der Waals surface area contributed by atoms with Crippen molar-refractivity contribution < 1.29 is 13.9 Å². The van der Waals surface area contributed by atoms with Crippen LogP contribution in [0.4, 0.5) is 5.82 Å². The van der Waals surface area contributed by atoms with Crippen LogP contribution in [0.15, 0.2) is 71.3 Å². The summed E-state index contributed by atoms with van der Waals surface area (Å²) < 4.78 is 11.2. The van der Waals surface area contributed by atoms with Gasteiger partial charge in [0.05, 0.1) is 24.3 Å². The van der Waals surface area contributed by atoms with Gasteiger partial charge in [0, 0.05) is 43.5 Å². The van der Waals surface area contributed by atoms with Crippen LogP contribution in [-0.2, 0) is 0 Å². The highest BCUT2D eigenvalue weighted by atomic mass is 16.5. The van der Waals surface area contributed by atoms with E-state index in [9.17, 15) is 4.79 Å². The monoisotopic (exact) mass is 466 g/mol. The van der Waals surface area contributed by atoms with Crippen molar-refractivity contribution in [3.63, 3.8) is 0 Å². The normalized spacial score (nSPS) is 13.4. The molecule has 0 atom stereocenters. The van der Waals surface area contributed by atoms with Gasteiger partial charge in [0.15, 0.2) is 0 Å². The van der Waals surface area contributed by atoms with Gasteiger partial charge in [0.25, 0.3) is 11.8 Å². The number of pyridine rings is 1. The third kappa shape index (κ3) is 4.54. The Hall–Kier alpha value is -4.71. The molecule has 9 nitrogen and oxygen atoms in total. The molecule has 0 N–H and O–H groups in total. The van der Waals surface area contributed by atoms with Gasteiger partial charge < -0.3 is 19.0 Å². The van der Waals surface area contributed by atoms with Crippen molar-refractivity contribution in [2.75, 3.05) is 38.2 Å². The van der Waals surface area contributed by atoms with E-state index in [1.54, 1.807) is 37.6 Å². The van der Waals surface area contributed by atoms with Crippen LogP contribution in [-0.4, -0.2) is 59.3 Å². The fourth-order valence-electron chi connectivity index (χ4n) is 3.99. The number of ether oxygens (including phenoxy) is 1. The van der Waals surface area contributed by atoms with E-state index in [-0.39, 0.29) is 5.91 Å². The van der Waals surface area contributed by atoms with Crippen molar-refractivity contribution in [1.29, 1.82) is 5.26 Å². The van der Waals surface area contributed by atoms with Crippen molar-refractivity contribution in [2.24, 2.45) is 0 Å². The van der Waals surface area contributed by atoms with Crippen LogP contribution in [0.3, 0.4) is 0 Å². The van der Waals surface area contributed by atoms with Gasteiger partial charge in [-0.15, -0.1) is 10.2 Å². The quantitative estimate of drug-likeness (QED) is 0.439. The third-order valence-corrected chi connectivity index (χ3v) is 5.91. The molecule has 2 aromatic carbocycles. The lowest BCUT2D eigenvalue weighted by Gasteiger charge is -2.36. The number of carbonyl (C=O) groups is 1. The van der Waals surface area contributed by atoms with Crippen LogP contribution >= 0.6 is 0 Å². The van der Waals surface area contributed by atoms with Crippen LogP contribution in [0.2, 0.25) is 0 Å². The number of methoxy groups -OCH3 is 1. The van der Waals surface area contributed by atoms with Crippen molar-refractivity contribution in [2.45, 2.75) is 0 Å². The van der Waals surface area contributed by atoms with Crippen molar-refractivity contribution >= 4 is 11.7 Å². The van der Waals surface area contributed by atoms with E-state index in [2.05, 4.69) is 26.2 Å². The molecule has 0 spiro atoms. The zero-order chi connectivity index (χ0) is 24.2. The van der Waals surface area contributed by atoms with Crippen LogP contribution < -0.4 is 9.64 Å². The molecule has 0 unspecified atom stereocenters. The lowest BCUT2D eigenvalue weighted by Crippen LogP contribution is -2.49. The number of aromatic nitrogens is 3. The summed E-state index contributed by atoms with van der Waals surface area (Å²) in [7, 11) is 1.62. The van der Waals surface area contributed by atoms with E-state index in [1.165, 1.54) is 0 Å². The maximum atomic E-state index is 12.9. The summed E-state index contributed by atoms with van der Waals surface area (Å²) in [5, 5.41) is 17.4. The highest BCUT2D eigenvalue weighted by Gasteiger charge is 2.26. The Kier molecular flexibility index (Phi) is 6.09. The minimum absolute atomic E-state index is 0.0450. The van der Waals surface area contributed by atoms with Gasteiger partial charge in [-0.2, -0.15) is 5.26 Å². The van der Waals surface area contributed by atoms with E-state index < -0.39 is 0 Å². The SMILES string of the molecule is COc1ccc(-c2nnc(-c3cccnc3N3CCN(C(=O)c4ccc(C#N)cc4)CC3)o2)cc1. The molecule has 3 heterocycles. The number of hydrogen-bond acceptors (Lipinski definition) is 8. The Labute approximate surface area is 202 Å². The molecule has 1 saturated heterocycles. The van der Waals surface area contributed by atoms with Crippen molar-refractivity contribution in [1.82, 2.24) is 20.1 Å². The Bertz CT molecular complexity index is 1370. The van der Waals surface area contributed by atoms with E-state index in [1.807, 2.05) is 41.3 Å². The topological polar surface area (TPSA) is 108 Å². The molecule has 1 amide bonds. The summed E-state index contributed by atoms with van der Waals surface area (Å²) in [6.07, 6.45) is 1.73. The minimum atomic E-state index is -0.0450. The Balaban J connectivity index is 1.31. The second-order valence-electron chi connectivity index (χ2n) is 7.98. The summed E-state index contributed by atoms with van der Waals surface area (Å²) in [6, 6.07) is 19.9. The summed E-state index contributed by atoms with van der Waals surface area (Å²) in [5.74, 6) is 2.24. The number of piperazine rings is 1. The lowest BCUT2D eigenvalue weighted by molar-refractivity contribution is 0.0746. The predicted molar refractivity (Wildman–Crippen MR) is 129 cm³/mol. The van der Waals surface area contributed by atoms with Crippen LogP contribution in [0, 0.1) is 11.3 Å². The molecular formula is C26H22N6O3. The number of benzene rings is 2. The molecule has 2 aromatic heterocycles. The van der Waals surface area contributed by atoms with Crippen molar-refractivity contribution in [3.8, 4) is 34.7 Å². The van der Waals surface area contributed by atoms with Gasteiger partial charge in [0.2, 0.25) is 5.89 Å². The highest BCUT2D eigenvalue weighted by molar-refractivity contribution is 5.94. The van der Waals surface area contributed by atoms with Crippen LogP contribution in [0.1, 0.15) is 15.9 Å².